The molecule has 0 spiro atoms. The summed E-state index contributed by atoms with van der Waals surface area (Å²) in [6.07, 6.45) is 4.01. The zero-order valence-corrected chi connectivity index (χ0v) is 9.12. The first kappa shape index (κ1) is 11.7. The number of nitrogens with two attached hydrogens (primary N) is 1. The molecule has 0 heterocycles. The van der Waals surface area contributed by atoms with E-state index >= 15 is 0 Å². The van der Waals surface area contributed by atoms with E-state index in [1.54, 1.807) is 0 Å². The number of rotatable bonds is 3. The third-order valence-electron chi connectivity index (χ3n) is 3.42. The van der Waals surface area contributed by atoms with Crippen molar-refractivity contribution in [2.24, 2.45) is 11.7 Å². The summed E-state index contributed by atoms with van der Waals surface area (Å²) in [5.41, 5.74) is 4.59. The maximum Gasteiger partial charge on any atom is 0.168 e. The average Bonchev–Trinajstić information content (AvgIpc) is 2.20. The van der Waals surface area contributed by atoms with Gasteiger partial charge in [-0.1, -0.05) is 20.3 Å². The molecule has 3 unspecified atom stereocenters. The molecule has 1 fully saturated rings. The maximum atomic E-state index is 11.9. The van der Waals surface area contributed by atoms with Crippen molar-refractivity contribution in [3.8, 4) is 0 Å². The SMILES string of the molecule is CCC(C)C(=O)C1(O)CCCCC1N. The first-order valence-electron chi connectivity index (χ1n) is 5.54. The zero-order chi connectivity index (χ0) is 10.8. The van der Waals surface area contributed by atoms with Gasteiger partial charge >= 0.3 is 0 Å². The van der Waals surface area contributed by atoms with Gasteiger partial charge in [0, 0.05) is 12.0 Å². The predicted octanol–water partition coefficient (Wildman–Crippen LogP) is 1.23. The summed E-state index contributed by atoms with van der Waals surface area (Å²) in [7, 11) is 0. The molecule has 0 aliphatic heterocycles. The minimum atomic E-state index is -1.24. The molecule has 3 N–H and O–H groups in total. The van der Waals surface area contributed by atoms with Crippen LogP contribution >= 0.6 is 0 Å². The van der Waals surface area contributed by atoms with Crippen molar-refractivity contribution in [3.63, 3.8) is 0 Å². The van der Waals surface area contributed by atoms with E-state index in [-0.39, 0.29) is 17.7 Å². The normalized spacial score (nSPS) is 35.3. The third-order valence-corrected chi connectivity index (χ3v) is 3.42. The van der Waals surface area contributed by atoms with Crippen LogP contribution in [0.25, 0.3) is 0 Å². The highest BCUT2D eigenvalue weighted by Crippen LogP contribution is 2.30. The molecule has 14 heavy (non-hydrogen) atoms. The van der Waals surface area contributed by atoms with Crippen molar-refractivity contribution in [1.29, 1.82) is 0 Å². The smallest absolute Gasteiger partial charge is 0.168 e. The topological polar surface area (TPSA) is 63.3 Å². The van der Waals surface area contributed by atoms with Crippen molar-refractivity contribution >= 4 is 5.78 Å². The highest BCUT2D eigenvalue weighted by atomic mass is 16.3. The maximum absolute atomic E-state index is 11.9. The molecule has 3 nitrogen and oxygen atoms in total. The molecule has 1 aliphatic carbocycles. The second kappa shape index (κ2) is 4.41. The molecular weight excluding hydrogens is 178 g/mol. The first-order chi connectivity index (χ1) is 6.52. The highest BCUT2D eigenvalue weighted by Gasteiger charge is 2.44. The zero-order valence-electron chi connectivity index (χ0n) is 9.12. The molecule has 1 saturated carbocycles. The van der Waals surface area contributed by atoms with E-state index in [9.17, 15) is 9.90 Å². The van der Waals surface area contributed by atoms with E-state index < -0.39 is 5.60 Å². The molecule has 0 saturated heterocycles. The third kappa shape index (κ3) is 1.98. The van der Waals surface area contributed by atoms with Gasteiger partial charge in [-0.3, -0.25) is 4.79 Å². The number of ketones is 1. The molecule has 1 aliphatic rings. The lowest BCUT2D eigenvalue weighted by Crippen LogP contribution is -2.57. The van der Waals surface area contributed by atoms with Gasteiger partial charge in [0.15, 0.2) is 5.78 Å². The Balaban J connectivity index is 2.76. The van der Waals surface area contributed by atoms with Gasteiger partial charge in [-0.05, 0) is 25.7 Å². The van der Waals surface area contributed by atoms with E-state index in [2.05, 4.69) is 0 Å². The van der Waals surface area contributed by atoms with Crippen LogP contribution in [0.2, 0.25) is 0 Å². The number of hydrogen-bond acceptors (Lipinski definition) is 3. The van der Waals surface area contributed by atoms with Gasteiger partial charge in [-0.2, -0.15) is 0 Å². The van der Waals surface area contributed by atoms with E-state index in [4.69, 9.17) is 5.73 Å². The van der Waals surface area contributed by atoms with E-state index in [1.165, 1.54) is 0 Å². The van der Waals surface area contributed by atoms with Crippen LogP contribution in [0.4, 0.5) is 0 Å². The summed E-state index contributed by atoms with van der Waals surface area (Å²) in [6.45, 7) is 3.82. The molecule has 3 heteroatoms. The van der Waals surface area contributed by atoms with Crippen molar-refractivity contribution in [3.05, 3.63) is 0 Å². The molecule has 0 amide bonds. The van der Waals surface area contributed by atoms with Gasteiger partial charge in [0.1, 0.15) is 5.60 Å². The number of Topliss-reactive ketones (excluding diaryl/α,β-unsaturated/α-hetero) is 1. The highest BCUT2D eigenvalue weighted by molar-refractivity contribution is 5.89. The molecule has 0 aromatic rings. The molecule has 82 valence electrons. The number of aliphatic hydroxyl groups is 1. The largest absolute Gasteiger partial charge is 0.380 e. The van der Waals surface area contributed by atoms with Crippen molar-refractivity contribution in [2.45, 2.75) is 57.6 Å². The first-order valence-corrected chi connectivity index (χ1v) is 5.54. The van der Waals surface area contributed by atoms with Gasteiger partial charge in [0.05, 0.1) is 0 Å². The van der Waals surface area contributed by atoms with E-state index in [0.717, 1.165) is 25.7 Å². The van der Waals surface area contributed by atoms with Gasteiger partial charge in [-0.25, -0.2) is 0 Å². The summed E-state index contributed by atoms with van der Waals surface area (Å²) in [5.74, 6) is -0.142. The number of hydrogen-bond donors (Lipinski definition) is 2. The summed E-state index contributed by atoms with van der Waals surface area (Å²) in [4.78, 5) is 11.9. The molecule has 0 aromatic carbocycles. The van der Waals surface area contributed by atoms with Gasteiger partial charge in [-0.15, -0.1) is 0 Å². The Morgan fingerprint density at radius 1 is 1.64 bits per heavy atom. The van der Waals surface area contributed by atoms with E-state index in [0.29, 0.717) is 6.42 Å². The summed E-state index contributed by atoms with van der Waals surface area (Å²) < 4.78 is 0. The molecule has 0 bridgehead atoms. The van der Waals surface area contributed by atoms with Crippen LogP contribution in [0.5, 0.6) is 0 Å². The molecular formula is C11H21NO2. The van der Waals surface area contributed by atoms with Gasteiger partial charge in [0.25, 0.3) is 0 Å². The van der Waals surface area contributed by atoms with Gasteiger partial charge in [0.2, 0.25) is 0 Å². The Morgan fingerprint density at radius 2 is 2.29 bits per heavy atom. The van der Waals surface area contributed by atoms with Crippen LogP contribution in [0, 0.1) is 5.92 Å². The van der Waals surface area contributed by atoms with Crippen LogP contribution in [-0.4, -0.2) is 22.5 Å². The number of carbonyl (C=O) groups excluding carboxylic acids is 1. The minimum absolute atomic E-state index is 0.0628. The quantitative estimate of drug-likeness (QED) is 0.718. The van der Waals surface area contributed by atoms with Crippen LogP contribution < -0.4 is 5.73 Å². The van der Waals surface area contributed by atoms with Crippen LogP contribution in [-0.2, 0) is 4.79 Å². The number of carbonyl (C=O) groups is 1. The summed E-state index contributed by atoms with van der Waals surface area (Å²) >= 11 is 0. The molecule has 1 rings (SSSR count). The lowest BCUT2D eigenvalue weighted by atomic mass is 9.74. The fourth-order valence-corrected chi connectivity index (χ4v) is 2.10. The van der Waals surface area contributed by atoms with E-state index in [1.807, 2.05) is 13.8 Å². The van der Waals surface area contributed by atoms with Crippen LogP contribution in [0.1, 0.15) is 46.0 Å². The van der Waals surface area contributed by atoms with Crippen molar-refractivity contribution < 1.29 is 9.90 Å². The van der Waals surface area contributed by atoms with Gasteiger partial charge < -0.3 is 10.8 Å². The summed E-state index contributed by atoms with van der Waals surface area (Å²) in [6, 6.07) is -0.363. The molecule has 0 radical (unpaired) electrons. The van der Waals surface area contributed by atoms with Crippen molar-refractivity contribution in [1.82, 2.24) is 0 Å². The Labute approximate surface area is 85.7 Å². The molecule has 3 atom stereocenters. The lowest BCUT2D eigenvalue weighted by Gasteiger charge is -2.37. The second-order valence-electron chi connectivity index (χ2n) is 4.45. The monoisotopic (exact) mass is 199 g/mol. The summed E-state index contributed by atoms with van der Waals surface area (Å²) in [5, 5.41) is 10.2. The Morgan fingerprint density at radius 3 is 2.79 bits per heavy atom. The Hall–Kier alpha value is -0.410. The standard InChI is InChI=1S/C11H21NO2/c1-3-8(2)10(13)11(14)7-5-4-6-9(11)12/h8-9,14H,3-7,12H2,1-2H3. The Bertz CT molecular complexity index is 217. The molecule has 0 aromatic heterocycles. The average molecular weight is 199 g/mol. The lowest BCUT2D eigenvalue weighted by molar-refractivity contribution is -0.146. The second-order valence-corrected chi connectivity index (χ2v) is 4.45. The predicted molar refractivity (Wildman–Crippen MR) is 55.9 cm³/mol. The van der Waals surface area contributed by atoms with Crippen LogP contribution in [0.3, 0.4) is 0 Å². The minimum Gasteiger partial charge on any atom is -0.380 e. The fraction of sp³-hybridized carbons (Fsp3) is 0.909. The fourth-order valence-electron chi connectivity index (χ4n) is 2.10. The Kier molecular flexibility index (Phi) is 3.67. The van der Waals surface area contributed by atoms with Crippen molar-refractivity contribution in [2.75, 3.05) is 0 Å². The van der Waals surface area contributed by atoms with Crippen LogP contribution in [0.15, 0.2) is 0 Å².